The van der Waals surface area contributed by atoms with E-state index in [1.165, 1.54) is 18.4 Å². The summed E-state index contributed by atoms with van der Waals surface area (Å²) < 4.78 is 1.74. The second-order valence-electron chi connectivity index (χ2n) is 7.96. The van der Waals surface area contributed by atoms with Gasteiger partial charge in [0.2, 0.25) is 0 Å². The third kappa shape index (κ3) is 5.72. The van der Waals surface area contributed by atoms with Crippen molar-refractivity contribution in [1.29, 1.82) is 0 Å². The van der Waals surface area contributed by atoms with E-state index in [-0.39, 0.29) is 17.6 Å². The Morgan fingerprint density at radius 3 is 2.39 bits per heavy atom. The zero-order chi connectivity index (χ0) is 22.2. The van der Waals surface area contributed by atoms with Gasteiger partial charge in [-0.15, -0.1) is 0 Å². The molecule has 0 aliphatic heterocycles. The molecule has 0 unspecified atom stereocenters. The van der Waals surface area contributed by atoms with Crippen molar-refractivity contribution in [1.82, 2.24) is 14.7 Å². The van der Waals surface area contributed by atoms with E-state index >= 15 is 0 Å². The predicted octanol–water partition coefficient (Wildman–Crippen LogP) is 5.16. The molecule has 0 saturated heterocycles. The summed E-state index contributed by atoms with van der Waals surface area (Å²) in [6, 6.07) is 11.4. The zero-order valence-corrected chi connectivity index (χ0v) is 18.7. The summed E-state index contributed by atoms with van der Waals surface area (Å²) in [6.45, 7) is 6.80. The number of carbonyl (C=O) groups is 2. The molecule has 6 heteroatoms. The van der Waals surface area contributed by atoms with Crippen LogP contribution in [0.5, 0.6) is 0 Å². The summed E-state index contributed by atoms with van der Waals surface area (Å²) >= 11 is 0. The SMILES string of the molecule is CCCCCc1ccc(C(=O)Nc2nc3ccc(C)cn3c2C(=O)NCCCC)cc1. The molecule has 0 spiro atoms. The third-order valence-electron chi connectivity index (χ3n) is 5.31. The molecule has 2 aromatic heterocycles. The molecule has 0 saturated carbocycles. The maximum absolute atomic E-state index is 12.9. The second-order valence-corrected chi connectivity index (χ2v) is 7.96. The summed E-state index contributed by atoms with van der Waals surface area (Å²) in [4.78, 5) is 30.3. The average Bonchev–Trinajstić information content (AvgIpc) is 3.11. The van der Waals surface area contributed by atoms with Crippen molar-refractivity contribution in [2.24, 2.45) is 0 Å². The highest BCUT2D eigenvalue weighted by molar-refractivity contribution is 6.08. The molecule has 0 radical (unpaired) electrons. The fourth-order valence-electron chi connectivity index (χ4n) is 3.50. The van der Waals surface area contributed by atoms with Crippen molar-refractivity contribution in [3.8, 4) is 0 Å². The van der Waals surface area contributed by atoms with Crippen LogP contribution in [0.4, 0.5) is 5.82 Å². The highest BCUT2D eigenvalue weighted by Crippen LogP contribution is 2.20. The lowest BCUT2D eigenvalue weighted by Crippen LogP contribution is -2.27. The first-order valence-corrected chi connectivity index (χ1v) is 11.2. The van der Waals surface area contributed by atoms with Crippen molar-refractivity contribution in [3.05, 3.63) is 65.0 Å². The first kappa shape index (κ1) is 22.5. The van der Waals surface area contributed by atoms with E-state index in [1.807, 2.05) is 49.5 Å². The lowest BCUT2D eigenvalue weighted by atomic mass is 10.1. The Bertz CT molecular complexity index is 1040. The first-order valence-electron chi connectivity index (χ1n) is 11.2. The number of rotatable bonds is 10. The van der Waals surface area contributed by atoms with E-state index in [1.54, 1.807) is 4.40 Å². The van der Waals surface area contributed by atoms with Gasteiger partial charge in [-0.25, -0.2) is 4.98 Å². The molecule has 6 nitrogen and oxygen atoms in total. The number of hydrogen-bond acceptors (Lipinski definition) is 3. The Hall–Kier alpha value is -3.15. The van der Waals surface area contributed by atoms with E-state index in [0.29, 0.717) is 23.4 Å². The average molecular weight is 421 g/mol. The maximum atomic E-state index is 12.9. The minimum absolute atomic E-state index is 0.242. The number of amides is 2. The lowest BCUT2D eigenvalue weighted by Gasteiger charge is -2.08. The standard InChI is InChI=1S/C25H32N4O2/c1-4-6-8-9-19-11-13-20(14-12-19)24(30)28-23-22(25(31)26-16-7-5-2)29-17-18(3)10-15-21(29)27-23/h10-15,17H,4-9,16H2,1-3H3,(H,26,31)(H,28,30). The summed E-state index contributed by atoms with van der Waals surface area (Å²) in [5, 5.41) is 5.78. The van der Waals surface area contributed by atoms with E-state index in [0.717, 1.165) is 31.2 Å². The summed E-state index contributed by atoms with van der Waals surface area (Å²) in [5.41, 5.74) is 3.74. The molecule has 3 aromatic rings. The van der Waals surface area contributed by atoms with Gasteiger partial charge in [0, 0.05) is 18.3 Å². The minimum Gasteiger partial charge on any atom is -0.351 e. The molecule has 1 aromatic carbocycles. The Morgan fingerprint density at radius 1 is 0.935 bits per heavy atom. The molecule has 2 N–H and O–H groups in total. The highest BCUT2D eigenvalue weighted by Gasteiger charge is 2.21. The van der Waals surface area contributed by atoms with Gasteiger partial charge in [-0.3, -0.25) is 14.0 Å². The smallest absolute Gasteiger partial charge is 0.272 e. The number of fused-ring (bicyclic) bond motifs is 1. The number of anilines is 1. The van der Waals surface area contributed by atoms with Crippen molar-refractivity contribution in [2.45, 2.75) is 59.3 Å². The van der Waals surface area contributed by atoms with Gasteiger partial charge in [-0.2, -0.15) is 0 Å². The van der Waals surface area contributed by atoms with Crippen LogP contribution in [0.2, 0.25) is 0 Å². The molecular weight excluding hydrogens is 388 g/mol. The number of nitrogens with one attached hydrogen (secondary N) is 2. The van der Waals surface area contributed by atoms with Crippen LogP contribution in [-0.4, -0.2) is 27.7 Å². The number of unbranched alkanes of at least 4 members (excludes halogenated alkanes) is 3. The van der Waals surface area contributed by atoms with Crippen molar-refractivity contribution < 1.29 is 9.59 Å². The third-order valence-corrected chi connectivity index (χ3v) is 5.31. The second kappa shape index (κ2) is 10.8. The van der Waals surface area contributed by atoms with Crippen LogP contribution in [0.15, 0.2) is 42.6 Å². The van der Waals surface area contributed by atoms with Crippen molar-refractivity contribution >= 4 is 23.3 Å². The van der Waals surface area contributed by atoms with E-state index < -0.39 is 0 Å². The number of nitrogens with zero attached hydrogens (tertiary/aromatic N) is 2. The molecule has 2 amide bonds. The number of imidazole rings is 1. The van der Waals surface area contributed by atoms with Gasteiger partial charge in [0.15, 0.2) is 11.5 Å². The lowest BCUT2D eigenvalue weighted by molar-refractivity contribution is 0.0948. The molecule has 0 aliphatic carbocycles. The largest absolute Gasteiger partial charge is 0.351 e. The number of hydrogen-bond donors (Lipinski definition) is 2. The summed E-state index contributed by atoms with van der Waals surface area (Å²) in [6.07, 6.45) is 8.31. The molecule has 0 aliphatic rings. The molecule has 3 rings (SSSR count). The van der Waals surface area contributed by atoms with Gasteiger partial charge in [0.05, 0.1) is 0 Å². The van der Waals surface area contributed by atoms with Crippen LogP contribution in [0.3, 0.4) is 0 Å². The minimum atomic E-state index is -0.275. The van der Waals surface area contributed by atoms with Crippen LogP contribution in [0.25, 0.3) is 5.65 Å². The molecule has 0 bridgehead atoms. The van der Waals surface area contributed by atoms with Crippen LogP contribution in [0, 0.1) is 6.92 Å². The van der Waals surface area contributed by atoms with Gasteiger partial charge in [0.25, 0.3) is 11.8 Å². The fourth-order valence-corrected chi connectivity index (χ4v) is 3.50. The van der Waals surface area contributed by atoms with Crippen LogP contribution < -0.4 is 10.6 Å². The number of benzene rings is 1. The Morgan fingerprint density at radius 2 is 1.68 bits per heavy atom. The van der Waals surface area contributed by atoms with E-state index in [2.05, 4.69) is 29.5 Å². The van der Waals surface area contributed by atoms with Crippen LogP contribution in [0.1, 0.15) is 77.9 Å². The fraction of sp³-hybridized carbons (Fsp3) is 0.400. The van der Waals surface area contributed by atoms with Crippen molar-refractivity contribution in [3.63, 3.8) is 0 Å². The van der Waals surface area contributed by atoms with E-state index in [4.69, 9.17) is 0 Å². The molecule has 2 heterocycles. The topological polar surface area (TPSA) is 75.5 Å². The first-order chi connectivity index (χ1) is 15.0. The molecule has 164 valence electrons. The quantitative estimate of drug-likeness (QED) is 0.445. The van der Waals surface area contributed by atoms with Crippen LogP contribution in [-0.2, 0) is 6.42 Å². The predicted molar refractivity (Wildman–Crippen MR) is 125 cm³/mol. The molecule has 31 heavy (non-hydrogen) atoms. The van der Waals surface area contributed by atoms with Crippen LogP contribution >= 0.6 is 0 Å². The van der Waals surface area contributed by atoms with Gasteiger partial charge in [0.1, 0.15) is 5.65 Å². The monoisotopic (exact) mass is 420 g/mol. The molecular formula is C25H32N4O2. The zero-order valence-electron chi connectivity index (χ0n) is 18.7. The van der Waals surface area contributed by atoms with Gasteiger partial charge >= 0.3 is 0 Å². The van der Waals surface area contributed by atoms with Gasteiger partial charge in [-0.05, 0) is 55.5 Å². The summed E-state index contributed by atoms with van der Waals surface area (Å²) in [7, 11) is 0. The summed E-state index contributed by atoms with van der Waals surface area (Å²) in [5.74, 6) is -0.243. The molecule has 0 atom stereocenters. The Labute approximate surface area is 184 Å². The number of aryl methyl sites for hydroxylation is 2. The van der Waals surface area contributed by atoms with Gasteiger partial charge < -0.3 is 10.6 Å². The van der Waals surface area contributed by atoms with E-state index in [9.17, 15) is 9.59 Å². The maximum Gasteiger partial charge on any atom is 0.272 e. The Kier molecular flexibility index (Phi) is 7.82. The van der Waals surface area contributed by atoms with Gasteiger partial charge in [-0.1, -0.05) is 51.3 Å². The number of carbonyl (C=O) groups excluding carboxylic acids is 2. The normalized spacial score (nSPS) is 10.9. The Balaban J connectivity index is 1.82. The molecule has 0 fully saturated rings. The number of aromatic nitrogens is 2. The highest BCUT2D eigenvalue weighted by atomic mass is 16.2. The number of pyridine rings is 1. The van der Waals surface area contributed by atoms with Crippen molar-refractivity contribution in [2.75, 3.05) is 11.9 Å².